The summed E-state index contributed by atoms with van der Waals surface area (Å²) in [5.41, 5.74) is 7.33. The Balaban J connectivity index is 1.94. The van der Waals surface area contributed by atoms with E-state index in [1.807, 2.05) is 0 Å². The average molecular weight is 287 g/mol. The van der Waals surface area contributed by atoms with Crippen LogP contribution in [0.3, 0.4) is 0 Å². The Labute approximate surface area is 119 Å². The second-order valence-electron chi connectivity index (χ2n) is 4.52. The summed E-state index contributed by atoms with van der Waals surface area (Å²) in [6.45, 7) is 0.110. The van der Waals surface area contributed by atoms with Crippen LogP contribution < -0.4 is 5.73 Å². The summed E-state index contributed by atoms with van der Waals surface area (Å²) in [5, 5.41) is 11.4. The highest BCUT2D eigenvalue weighted by Gasteiger charge is 2.11. The van der Waals surface area contributed by atoms with Gasteiger partial charge in [-0.15, -0.1) is 5.10 Å². The van der Waals surface area contributed by atoms with Crippen LogP contribution in [0.2, 0.25) is 0 Å². The van der Waals surface area contributed by atoms with Gasteiger partial charge in [-0.25, -0.2) is 13.5 Å². The number of hydrogen-bond acceptors (Lipinski definition) is 4. The van der Waals surface area contributed by atoms with Crippen molar-refractivity contribution in [3.8, 4) is 11.4 Å². The standard InChI is InChI=1S/C14H11F2N5/c15-11-4-1-10(13(16)7-11)8-21-14(18-19-20-21)9-2-5-12(17)6-3-9/h1-7H,8,17H2. The molecule has 3 rings (SSSR count). The minimum absolute atomic E-state index is 0.110. The molecule has 0 aliphatic rings. The van der Waals surface area contributed by atoms with Crippen LogP contribution in [0.15, 0.2) is 42.5 Å². The van der Waals surface area contributed by atoms with Gasteiger partial charge in [-0.2, -0.15) is 0 Å². The van der Waals surface area contributed by atoms with Crippen molar-refractivity contribution in [3.63, 3.8) is 0 Å². The van der Waals surface area contributed by atoms with E-state index in [0.29, 0.717) is 17.1 Å². The number of rotatable bonds is 3. The fourth-order valence-corrected chi connectivity index (χ4v) is 1.96. The molecule has 0 saturated heterocycles. The summed E-state index contributed by atoms with van der Waals surface area (Å²) in [5.74, 6) is -0.765. The molecule has 0 unspecified atom stereocenters. The van der Waals surface area contributed by atoms with E-state index in [2.05, 4.69) is 15.5 Å². The number of halogens is 2. The molecule has 106 valence electrons. The lowest BCUT2D eigenvalue weighted by molar-refractivity contribution is 0.555. The predicted octanol–water partition coefficient (Wildman–Crippen LogP) is 2.25. The molecule has 0 fully saturated rings. The highest BCUT2D eigenvalue weighted by molar-refractivity contribution is 5.58. The molecule has 7 heteroatoms. The zero-order valence-corrected chi connectivity index (χ0v) is 10.9. The van der Waals surface area contributed by atoms with Gasteiger partial charge in [0.2, 0.25) is 0 Å². The Kier molecular flexibility index (Phi) is 3.31. The Bertz CT molecular complexity index is 767. The van der Waals surface area contributed by atoms with Crippen LogP contribution in [-0.2, 0) is 6.54 Å². The van der Waals surface area contributed by atoms with Gasteiger partial charge in [-0.3, -0.25) is 0 Å². The van der Waals surface area contributed by atoms with Crippen molar-refractivity contribution in [1.82, 2.24) is 20.2 Å². The first-order chi connectivity index (χ1) is 10.1. The van der Waals surface area contributed by atoms with E-state index in [9.17, 15) is 8.78 Å². The van der Waals surface area contributed by atoms with Crippen LogP contribution in [0.4, 0.5) is 14.5 Å². The molecule has 3 aromatic rings. The largest absolute Gasteiger partial charge is 0.399 e. The van der Waals surface area contributed by atoms with Crippen LogP contribution in [0.5, 0.6) is 0 Å². The molecule has 0 bridgehead atoms. The van der Waals surface area contributed by atoms with Crippen molar-refractivity contribution in [1.29, 1.82) is 0 Å². The highest BCUT2D eigenvalue weighted by Crippen LogP contribution is 2.19. The summed E-state index contributed by atoms with van der Waals surface area (Å²) in [6.07, 6.45) is 0. The third-order valence-electron chi connectivity index (χ3n) is 3.04. The maximum Gasteiger partial charge on any atom is 0.182 e. The molecule has 0 atom stereocenters. The molecule has 21 heavy (non-hydrogen) atoms. The topological polar surface area (TPSA) is 69.6 Å². The zero-order chi connectivity index (χ0) is 14.8. The van der Waals surface area contributed by atoms with Crippen LogP contribution in [0, 0.1) is 11.6 Å². The molecule has 0 aliphatic carbocycles. The van der Waals surface area contributed by atoms with Crippen LogP contribution in [0.1, 0.15) is 5.56 Å². The fourth-order valence-electron chi connectivity index (χ4n) is 1.96. The predicted molar refractivity (Wildman–Crippen MR) is 73.1 cm³/mol. The van der Waals surface area contributed by atoms with Crippen molar-refractivity contribution in [3.05, 3.63) is 59.7 Å². The van der Waals surface area contributed by atoms with Gasteiger partial charge in [-0.05, 0) is 40.8 Å². The summed E-state index contributed by atoms with van der Waals surface area (Å²) in [4.78, 5) is 0. The number of benzene rings is 2. The van der Waals surface area contributed by atoms with Gasteiger partial charge >= 0.3 is 0 Å². The first-order valence-corrected chi connectivity index (χ1v) is 6.19. The minimum atomic E-state index is -0.631. The van der Waals surface area contributed by atoms with E-state index in [1.54, 1.807) is 24.3 Å². The Hall–Kier alpha value is -2.83. The molecule has 1 aromatic heterocycles. The number of hydrogen-bond donors (Lipinski definition) is 1. The van der Waals surface area contributed by atoms with E-state index < -0.39 is 11.6 Å². The molecule has 1 heterocycles. The van der Waals surface area contributed by atoms with Crippen LogP contribution in [0.25, 0.3) is 11.4 Å². The van der Waals surface area contributed by atoms with E-state index >= 15 is 0 Å². The van der Waals surface area contributed by atoms with Gasteiger partial charge < -0.3 is 5.73 Å². The number of nitrogen functional groups attached to an aromatic ring is 1. The Morgan fingerprint density at radius 1 is 1.05 bits per heavy atom. The molecule has 0 amide bonds. The molecule has 2 N–H and O–H groups in total. The first kappa shape index (κ1) is 13.2. The lowest BCUT2D eigenvalue weighted by Gasteiger charge is -2.06. The van der Waals surface area contributed by atoms with Crippen molar-refractivity contribution >= 4 is 5.69 Å². The van der Waals surface area contributed by atoms with Crippen molar-refractivity contribution in [2.45, 2.75) is 6.54 Å². The van der Waals surface area contributed by atoms with E-state index in [4.69, 9.17) is 5.73 Å². The second kappa shape index (κ2) is 5.28. The number of tetrazole rings is 1. The summed E-state index contributed by atoms with van der Waals surface area (Å²) >= 11 is 0. The molecule has 0 radical (unpaired) electrons. The maximum atomic E-state index is 13.7. The monoisotopic (exact) mass is 287 g/mol. The van der Waals surface area contributed by atoms with E-state index in [-0.39, 0.29) is 6.54 Å². The highest BCUT2D eigenvalue weighted by atomic mass is 19.1. The van der Waals surface area contributed by atoms with Crippen LogP contribution in [-0.4, -0.2) is 20.2 Å². The van der Waals surface area contributed by atoms with Crippen molar-refractivity contribution < 1.29 is 8.78 Å². The summed E-state index contributed by atoms with van der Waals surface area (Å²) in [7, 11) is 0. The number of aromatic nitrogens is 4. The summed E-state index contributed by atoms with van der Waals surface area (Å²) < 4.78 is 28.0. The van der Waals surface area contributed by atoms with Crippen molar-refractivity contribution in [2.75, 3.05) is 5.73 Å². The lowest BCUT2D eigenvalue weighted by atomic mass is 10.2. The minimum Gasteiger partial charge on any atom is -0.399 e. The van der Waals surface area contributed by atoms with Gasteiger partial charge in [0, 0.05) is 22.9 Å². The number of anilines is 1. The molecular weight excluding hydrogens is 276 g/mol. The molecule has 2 aromatic carbocycles. The Morgan fingerprint density at radius 2 is 1.81 bits per heavy atom. The normalized spacial score (nSPS) is 10.8. The third kappa shape index (κ3) is 2.71. The fraction of sp³-hybridized carbons (Fsp3) is 0.0714. The van der Waals surface area contributed by atoms with E-state index in [0.717, 1.165) is 11.6 Å². The quantitative estimate of drug-likeness (QED) is 0.750. The maximum absolute atomic E-state index is 13.7. The van der Waals surface area contributed by atoms with Gasteiger partial charge in [-0.1, -0.05) is 6.07 Å². The van der Waals surface area contributed by atoms with Crippen molar-refractivity contribution in [2.24, 2.45) is 0 Å². The molecule has 0 spiro atoms. The zero-order valence-electron chi connectivity index (χ0n) is 10.9. The second-order valence-corrected chi connectivity index (χ2v) is 4.52. The SMILES string of the molecule is Nc1ccc(-c2nnnn2Cc2ccc(F)cc2F)cc1. The van der Waals surface area contributed by atoms with Gasteiger partial charge in [0.05, 0.1) is 6.54 Å². The number of nitrogens with two attached hydrogens (primary N) is 1. The Morgan fingerprint density at radius 3 is 2.52 bits per heavy atom. The smallest absolute Gasteiger partial charge is 0.182 e. The molecule has 5 nitrogen and oxygen atoms in total. The van der Waals surface area contributed by atoms with Gasteiger partial charge in [0.25, 0.3) is 0 Å². The van der Waals surface area contributed by atoms with Gasteiger partial charge in [0.1, 0.15) is 11.6 Å². The molecule has 0 aliphatic heterocycles. The lowest BCUT2D eigenvalue weighted by Crippen LogP contribution is -2.06. The average Bonchev–Trinajstić information content (AvgIpc) is 2.91. The summed E-state index contributed by atoms with van der Waals surface area (Å²) in [6, 6.07) is 10.4. The molecule has 0 saturated carbocycles. The van der Waals surface area contributed by atoms with E-state index in [1.165, 1.54) is 16.8 Å². The van der Waals surface area contributed by atoms with Gasteiger partial charge in [0.15, 0.2) is 5.82 Å². The number of nitrogens with zero attached hydrogens (tertiary/aromatic N) is 4. The first-order valence-electron chi connectivity index (χ1n) is 6.19. The molecular formula is C14H11F2N5. The third-order valence-corrected chi connectivity index (χ3v) is 3.04. The van der Waals surface area contributed by atoms with Crippen LogP contribution >= 0.6 is 0 Å².